The molecule has 0 aromatic carbocycles. The van der Waals surface area contributed by atoms with Gasteiger partial charge in [0, 0.05) is 18.8 Å². The Morgan fingerprint density at radius 3 is 2.74 bits per heavy atom. The van der Waals surface area contributed by atoms with E-state index in [9.17, 15) is 4.79 Å². The number of esters is 1. The molecular weight excluding hydrogens is 244 g/mol. The zero-order chi connectivity index (χ0) is 13.0. The molecule has 0 aromatic heterocycles. The number of hydrogen-bond acceptors (Lipinski definition) is 4. The van der Waals surface area contributed by atoms with Gasteiger partial charge in [-0.25, -0.2) is 0 Å². The summed E-state index contributed by atoms with van der Waals surface area (Å²) in [6.07, 6.45) is 5.42. The molecule has 0 bridgehead atoms. The van der Waals surface area contributed by atoms with Crippen LogP contribution in [0.5, 0.6) is 0 Å². The normalized spacial score (nSPS) is 47.8. The van der Waals surface area contributed by atoms with Crippen molar-refractivity contribution in [2.45, 2.75) is 50.9 Å². The Labute approximate surface area is 113 Å². The zero-order valence-electron chi connectivity index (χ0n) is 11.5. The standard InChI is InChI=1S/C15H22O4/c1-9-12-6-10-2-3-15(17-4-5-18-15)8-11(10)7-13(12)14(16)19-9/h9-13H,2-8H2,1H3/t9-,10?,11-,12-,13-/m1/s1. The Hall–Kier alpha value is -0.610. The highest BCUT2D eigenvalue weighted by Crippen LogP contribution is 2.53. The van der Waals surface area contributed by atoms with Crippen LogP contribution in [0, 0.1) is 23.7 Å². The van der Waals surface area contributed by atoms with Crippen LogP contribution in [0.3, 0.4) is 0 Å². The molecule has 1 unspecified atom stereocenters. The lowest BCUT2D eigenvalue weighted by molar-refractivity contribution is -0.201. The van der Waals surface area contributed by atoms with Crippen molar-refractivity contribution in [1.82, 2.24) is 0 Å². The smallest absolute Gasteiger partial charge is 0.309 e. The van der Waals surface area contributed by atoms with E-state index in [1.54, 1.807) is 0 Å². The molecule has 1 spiro atoms. The quantitative estimate of drug-likeness (QED) is 0.630. The van der Waals surface area contributed by atoms with E-state index in [-0.39, 0.29) is 23.8 Å². The minimum Gasteiger partial charge on any atom is -0.462 e. The monoisotopic (exact) mass is 266 g/mol. The fourth-order valence-electron chi connectivity index (χ4n) is 4.82. The van der Waals surface area contributed by atoms with Crippen LogP contribution in [0.2, 0.25) is 0 Å². The third-order valence-electron chi connectivity index (χ3n) is 5.81. The molecule has 2 saturated carbocycles. The molecule has 4 rings (SSSR count). The molecule has 4 heteroatoms. The summed E-state index contributed by atoms with van der Waals surface area (Å²) in [5.74, 6) is 1.61. The third-order valence-corrected chi connectivity index (χ3v) is 5.81. The van der Waals surface area contributed by atoms with E-state index >= 15 is 0 Å². The maximum atomic E-state index is 11.9. The number of rotatable bonds is 0. The molecule has 0 N–H and O–H groups in total. The minimum absolute atomic E-state index is 0.0313. The van der Waals surface area contributed by atoms with Gasteiger partial charge in [-0.3, -0.25) is 4.79 Å². The first-order chi connectivity index (χ1) is 9.17. The molecule has 19 heavy (non-hydrogen) atoms. The van der Waals surface area contributed by atoms with Gasteiger partial charge in [-0.05, 0) is 38.0 Å². The van der Waals surface area contributed by atoms with Crippen molar-refractivity contribution in [3.05, 3.63) is 0 Å². The third kappa shape index (κ3) is 1.83. The average molecular weight is 266 g/mol. The second-order valence-electron chi connectivity index (χ2n) is 6.75. The molecule has 4 nitrogen and oxygen atoms in total. The van der Waals surface area contributed by atoms with Crippen LogP contribution in [0.15, 0.2) is 0 Å². The highest BCUT2D eigenvalue weighted by Gasteiger charge is 2.53. The number of cyclic esters (lactones) is 1. The Morgan fingerprint density at radius 1 is 1.16 bits per heavy atom. The minimum atomic E-state index is -0.317. The van der Waals surface area contributed by atoms with Crippen LogP contribution < -0.4 is 0 Å². The molecule has 4 fully saturated rings. The molecule has 2 heterocycles. The molecule has 0 aromatic rings. The van der Waals surface area contributed by atoms with Crippen LogP contribution in [-0.4, -0.2) is 31.1 Å². The van der Waals surface area contributed by atoms with Crippen LogP contribution in [0.4, 0.5) is 0 Å². The summed E-state index contributed by atoms with van der Waals surface area (Å²) in [4.78, 5) is 11.9. The summed E-state index contributed by atoms with van der Waals surface area (Å²) in [5, 5.41) is 0. The van der Waals surface area contributed by atoms with E-state index in [1.807, 2.05) is 0 Å². The van der Waals surface area contributed by atoms with Gasteiger partial charge in [-0.2, -0.15) is 0 Å². The van der Waals surface area contributed by atoms with E-state index in [2.05, 4.69) is 6.92 Å². The van der Waals surface area contributed by atoms with Gasteiger partial charge < -0.3 is 14.2 Å². The van der Waals surface area contributed by atoms with Crippen molar-refractivity contribution >= 4 is 5.97 Å². The molecule has 106 valence electrons. The SMILES string of the molecule is C[C@H]1OC(=O)[C@@H]2C[C@@H]3CC4(CCC3C[C@H]12)OCCO4. The van der Waals surface area contributed by atoms with Crippen LogP contribution >= 0.6 is 0 Å². The molecule has 2 aliphatic carbocycles. The molecule has 2 aliphatic heterocycles. The summed E-state index contributed by atoms with van der Waals surface area (Å²) >= 11 is 0. The van der Waals surface area contributed by atoms with Crippen molar-refractivity contribution in [2.75, 3.05) is 13.2 Å². The molecule has 0 radical (unpaired) electrons. The lowest BCUT2D eigenvalue weighted by atomic mass is 9.62. The average Bonchev–Trinajstić information content (AvgIpc) is 2.95. The van der Waals surface area contributed by atoms with Gasteiger partial charge in [0.25, 0.3) is 0 Å². The Morgan fingerprint density at radius 2 is 1.95 bits per heavy atom. The van der Waals surface area contributed by atoms with Gasteiger partial charge in [0.2, 0.25) is 0 Å². The fraction of sp³-hybridized carbons (Fsp3) is 0.933. The predicted octanol–water partition coefficient (Wildman–Crippen LogP) is 2.12. The van der Waals surface area contributed by atoms with E-state index in [0.29, 0.717) is 11.8 Å². The Balaban J connectivity index is 1.52. The maximum absolute atomic E-state index is 11.9. The summed E-state index contributed by atoms with van der Waals surface area (Å²) in [6.45, 7) is 3.50. The van der Waals surface area contributed by atoms with E-state index in [4.69, 9.17) is 14.2 Å². The molecule has 5 atom stereocenters. The second-order valence-corrected chi connectivity index (χ2v) is 6.75. The summed E-state index contributed by atoms with van der Waals surface area (Å²) < 4.78 is 17.1. The first-order valence-corrected chi connectivity index (χ1v) is 7.65. The highest BCUT2D eigenvalue weighted by atomic mass is 16.7. The van der Waals surface area contributed by atoms with Gasteiger partial charge >= 0.3 is 5.97 Å². The number of ether oxygens (including phenoxy) is 3. The van der Waals surface area contributed by atoms with Gasteiger partial charge in [0.05, 0.1) is 19.1 Å². The zero-order valence-corrected chi connectivity index (χ0v) is 11.5. The van der Waals surface area contributed by atoms with Crippen molar-refractivity contribution in [3.8, 4) is 0 Å². The largest absolute Gasteiger partial charge is 0.462 e. The molecule has 2 saturated heterocycles. The lowest BCUT2D eigenvalue weighted by Crippen LogP contribution is -2.45. The molecule has 4 aliphatic rings. The van der Waals surface area contributed by atoms with Crippen LogP contribution in [-0.2, 0) is 19.0 Å². The van der Waals surface area contributed by atoms with Crippen LogP contribution in [0.25, 0.3) is 0 Å². The summed E-state index contributed by atoms with van der Waals surface area (Å²) in [6, 6.07) is 0. The number of hydrogen-bond donors (Lipinski definition) is 0. The first kappa shape index (κ1) is 12.2. The van der Waals surface area contributed by atoms with Crippen molar-refractivity contribution in [1.29, 1.82) is 0 Å². The highest BCUT2D eigenvalue weighted by molar-refractivity contribution is 5.75. The maximum Gasteiger partial charge on any atom is 0.309 e. The van der Waals surface area contributed by atoms with E-state index in [1.165, 1.54) is 6.42 Å². The molecular formula is C15H22O4. The van der Waals surface area contributed by atoms with Crippen molar-refractivity contribution < 1.29 is 19.0 Å². The molecule has 0 amide bonds. The topological polar surface area (TPSA) is 44.8 Å². The Bertz CT molecular complexity index is 388. The first-order valence-electron chi connectivity index (χ1n) is 7.65. The van der Waals surface area contributed by atoms with Gasteiger partial charge in [0.15, 0.2) is 5.79 Å². The number of carbonyl (C=O) groups is 1. The predicted molar refractivity (Wildman–Crippen MR) is 67.2 cm³/mol. The van der Waals surface area contributed by atoms with Crippen molar-refractivity contribution in [3.63, 3.8) is 0 Å². The van der Waals surface area contributed by atoms with Gasteiger partial charge in [0.1, 0.15) is 6.10 Å². The van der Waals surface area contributed by atoms with E-state index < -0.39 is 0 Å². The van der Waals surface area contributed by atoms with Crippen molar-refractivity contribution in [2.24, 2.45) is 23.7 Å². The lowest BCUT2D eigenvalue weighted by Gasteiger charge is -2.46. The summed E-state index contributed by atoms with van der Waals surface area (Å²) in [7, 11) is 0. The summed E-state index contributed by atoms with van der Waals surface area (Å²) in [5.41, 5.74) is 0. The number of fused-ring (bicyclic) bond motifs is 2. The number of carbonyl (C=O) groups excluding carboxylic acids is 1. The second kappa shape index (κ2) is 4.19. The Kier molecular flexibility index (Phi) is 2.68. The fourth-order valence-corrected chi connectivity index (χ4v) is 4.82. The van der Waals surface area contributed by atoms with Crippen LogP contribution in [0.1, 0.15) is 39.0 Å². The van der Waals surface area contributed by atoms with Gasteiger partial charge in [-0.15, -0.1) is 0 Å². The van der Waals surface area contributed by atoms with E-state index in [0.717, 1.165) is 44.8 Å². The van der Waals surface area contributed by atoms with Gasteiger partial charge in [-0.1, -0.05) is 0 Å².